The number of benzene rings is 16. The molecule has 2 aliphatic heterocycles. The van der Waals surface area contributed by atoms with Crippen molar-refractivity contribution in [2.75, 3.05) is 9.80 Å². The Hall–Kier alpha value is -13.4. The Bertz CT molecular complexity index is 7240. The third kappa shape index (κ3) is 9.55. The molecule has 0 saturated heterocycles. The Kier molecular flexibility index (Phi) is 14.0. The van der Waals surface area contributed by atoms with Gasteiger partial charge in [0.2, 0.25) is 0 Å². The van der Waals surface area contributed by atoms with Gasteiger partial charge in [0.1, 0.15) is 0 Å². The van der Waals surface area contributed by atoms with Gasteiger partial charge in [-0.05, 0) is 173 Å². The van der Waals surface area contributed by atoms with Crippen molar-refractivity contribution in [3.63, 3.8) is 0 Å². The maximum absolute atomic E-state index is 2.68. The molecule has 4 aromatic heterocycles. The number of anilines is 6. The van der Waals surface area contributed by atoms with Crippen LogP contribution in [-0.2, 0) is 10.8 Å². The molecule has 5 nitrogen and oxygen atoms in total. The smallest absolute Gasteiger partial charge is 0.252 e. The van der Waals surface area contributed by atoms with E-state index in [1.54, 1.807) is 0 Å². The molecule has 520 valence electrons. The van der Waals surface area contributed by atoms with Crippen LogP contribution in [0.4, 0.5) is 34.1 Å². The molecule has 0 fully saturated rings. The second-order valence-electron chi connectivity index (χ2n) is 32.3. The fraction of sp³-hybridized carbons (Fsp3) is 0.0769. The van der Waals surface area contributed by atoms with Crippen LogP contribution in [0.25, 0.3) is 148 Å². The van der Waals surface area contributed by atoms with E-state index in [0.717, 1.165) is 95.4 Å². The number of aromatic nitrogens is 3. The average molecular weight is 1410 g/mol. The van der Waals surface area contributed by atoms with Gasteiger partial charge in [-0.1, -0.05) is 302 Å². The highest BCUT2D eigenvalue weighted by atomic mass is 15.2. The van der Waals surface area contributed by atoms with Gasteiger partial charge in [0.15, 0.2) is 0 Å². The molecule has 0 atom stereocenters. The van der Waals surface area contributed by atoms with Crippen LogP contribution in [0.2, 0.25) is 0 Å². The number of hydrogen-bond donors (Lipinski definition) is 0. The molecule has 110 heavy (non-hydrogen) atoms. The van der Waals surface area contributed by atoms with E-state index in [9.17, 15) is 0 Å². The molecule has 2 aliphatic rings. The van der Waals surface area contributed by atoms with Crippen LogP contribution < -0.4 is 26.2 Å². The largest absolute Gasteiger partial charge is 0.311 e. The summed E-state index contributed by atoms with van der Waals surface area (Å²) < 4.78 is 7.65. The predicted octanol–water partition coefficient (Wildman–Crippen LogP) is 26.1. The molecule has 0 bridgehead atoms. The lowest BCUT2D eigenvalue weighted by atomic mass is 9.33. The van der Waals surface area contributed by atoms with Crippen molar-refractivity contribution in [3.8, 4) is 44.8 Å². The first-order valence-corrected chi connectivity index (χ1v) is 38.7. The quantitative estimate of drug-likeness (QED) is 0.148. The standard InChI is InChI=1S/C104H76BN5/c1-103(2,3)69-50-53-81-82-54-51-70(104(4,5)6)61-95(82)107(94(81)60-69)72-52-55-87-97(62-72)108(89-45-24-20-35-73(89)65-29-10-7-11-30-65)99-58-68(67-49-56-93-85(57-67)80-42-23-26-47-91(80)106(93)71-33-14-9-15-34-71)59-100-101(99)105(87)88-63-86-78-40-19-17-38-76(78)75-37-16-18-39-77(75)83-43-28-44-84-79-41-22-27-48-92(79)110(102(83)84)96(86)64-98(88)109(100)90-46-25-21-36-74(90)66-31-12-8-13-32-66/h7-64H,1-6H3. The first kappa shape index (κ1) is 63.8. The van der Waals surface area contributed by atoms with Crippen LogP contribution in [0.3, 0.4) is 0 Å². The first-order valence-electron chi connectivity index (χ1n) is 38.7. The SMILES string of the molecule is CC(C)(C)c1ccc2c3ccc(C(C)(C)C)cc3n(-c3ccc4c(c3)N(c3ccccc3-c3ccccc3)c3cc(-c5ccc6c(c5)c5ccccc5n6-c5ccccc5)cc5c3B4c3cc4c6ccccc6c6ccccc6c6cccc7c8ccccc8n(c4cc3N5c3ccccc3-c3ccccc3)c67)c2c1. The van der Waals surface area contributed by atoms with Crippen LogP contribution in [0.5, 0.6) is 0 Å². The Labute approximate surface area is 639 Å². The first-order chi connectivity index (χ1) is 53.9. The van der Waals surface area contributed by atoms with E-state index >= 15 is 0 Å². The van der Waals surface area contributed by atoms with Gasteiger partial charge in [-0.15, -0.1) is 0 Å². The highest BCUT2D eigenvalue weighted by molar-refractivity contribution is 7.00. The van der Waals surface area contributed by atoms with Gasteiger partial charge in [-0.2, -0.15) is 0 Å². The lowest BCUT2D eigenvalue weighted by molar-refractivity contribution is 0.591. The van der Waals surface area contributed by atoms with Crippen molar-refractivity contribution >= 4 is 160 Å². The number of para-hydroxylation sites is 6. The van der Waals surface area contributed by atoms with E-state index in [1.165, 1.54) is 114 Å². The summed E-state index contributed by atoms with van der Waals surface area (Å²) in [5, 5.41) is 14.5. The second kappa shape index (κ2) is 24.0. The normalized spacial score (nSPS) is 12.9. The number of nitrogens with zero attached hydrogens (tertiary/aromatic N) is 5. The second-order valence-corrected chi connectivity index (χ2v) is 32.3. The minimum absolute atomic E-state index is 0.101. The maximum Gasteiger partial charge on any atom is 0.252 e. The van der Waals surface area contributed by atoms with Gasteiger partial charge >= 0.3 is 0 Å². The topological polar surface area (TPSA) is 20.8 Å². The molecule has 22 rings (SSSR count). The highest BCUT2D eigenvalue weighted by Crippen LogP contribution is 2.53. The Morgan fingerprint density at radius 2 is 0.664 bits per heavy atom. The summed E-state index contributed by atoms with van der Waals surface area (Å²) in [6.45, 7) is 13.7. The van der Waals surface area contributed by atoms with E-state index in [-0.39, 0.29) is 17.5 Å². The summed E-state index contributed by atoms with van der Waals surface area (Å²) >= 11 is 0. The zero-order chi connectivity index (χ0) is 73.4. The zero-order valence-corrected chi connectivity index (χ0v) is 62.3. The van der Waals surface area contributed by atoms with Crippen LogP contribution in [0, 0.1) is 0 Å². The van der Waals surface area contributed by atoms with E-state index < -0.39 is 0 Å². The third-order valence-corrected chi connectivity index (χ3v) is 24.1. The molecule has 16 aromatic carbocycles. The highest BCUT2D eigenvalue weighted by Gasteiger charge is 2.45. The van der Waals surface area contributed by atoms with Gasteiger partial charge in [-0.25, -0.2) is 0 Å². The molecule has 0 N–H and O–H groups in total. The van der Waals surface area contributed by atoms with Gasteiger partial charge < -0.3 is 23.3 Å². The third-order valence-electron chi connectivity index (χ3n) is 24.1. The summed E-state index contributed by atoms with van der Waals surface area (Å²) in [6, 6.07) is 134. The number of hydrogen-bond acceptors (Lipinski definition) is 2. The summed E-state index contributed by atoms with van der Waals surface area (Å²) in [5.74, 6) is 0. The van der Waals surface area contributed by atoms with Crippen LogP contribution in [-0.4, -0.2) is 20.2 Å². The molecule has 20 aromatic rings. The van der Waals surface area contributed by atoms with Crippen LogP contribution >= 0.6 is 0 Å². The van der Waals surface area contributed by atoms with Crippen molar-refractivity contribution in [2.24, 2.45) is 0 Å². The summed E-state index contributed by atoms with van der Waals surface area (Å²) in [6.07, 6.45) is 0. The van der Waals surface area contributed by atoms with Gasteiger partial charge in [0, 0.05) is 88.3 Å². The molecule has 0 spiro atoms. The lowest BCUT2D eigenvalue weighted by Gasteiger charge is -2.45. The minimum atomic E-state index is -0.302. The molecule has 6 heteroatoms. The Morgan fingerprint density at radius 3 is 1.25 bits per heavy atom. The summed E-state index contributed by atoms with van der Waals surface area (Å²) in [7, 11) is 0. The van der Waals surface area contributed by atoms with E-state index in [1.807, 2.05) is 0 Å². The summed E-state index contributed by atoms with van der Waals surface area (Å²) in [4.78, 5) is 5.35. The van der Waals surface area contributed by atoms with Crippen LogP contribution in [0.15, 0.2) is 352 Å². The molecule has 0 unspecified atom stereocenters. The number of rotatable bonds is 7. The van der Waals surface area contributed by atoms with Crippen molar-refractivity contribution < 1.29 is 0 Å². The maximum atomic E-state index is 2.68. The van der Waals surface area contributed by atoms with Gasteiger partial charge in [0.05, 0.1) is 50.0 Å². The van der Waals surface area contributed by atoms with Crippen molar-refractivity contribution in [1.29, 1.82) is 0 Å². The van der Waals surface area contributed by atoms with E-state index in [0.29, 0.717) is 0 Å². The minimum Gasteiger partial charge on any atom is -0.311 e. The van der Waals surface area contributed by atoms with Crippen molar-refractivity contribution in [1.82, 2.24) is 13.5 Å². The molecular formula is C104H76BN5. The fourth-order valence-electron chi connectivity index (χ4n) is 18.9. The van der Waals surface area contributed by atoms with E-state index in [4.69, 9.17) is 0 Å². The molecule has 6 heterocycles. The molecule has 0 saturated carbocycles. The van der Waals surface area contributed by atoms with Gasteiger partial charge in [0.25, 0.3) is 6.71 Å². The molecule has 0 amide bonds. The lowest BCUT2D eigenvalue weighted by Crippen LogP contribution is -2.61. The molecule has 0 aliphatic carbocycles. The average Bonchev–Trinajstić information content (AvgIpc) is 1.18. The van der Waals surface area contributed by atoms with Gasteiger partial charge in [-0.3, -0.25) is 0 Å². The van der Waals surface area contributed by atoms with E-state index in [2.05, 4.69) is 417 Å². The zero-order valence-electron chi connectivity index (χ0n) is 62.3. The number of fused-ring (bicyclic) bond motifs is 20. The van der Waals surface area contributed by atoms with Crippen molar-refractivity contribution in [2.45, 2.75) is 52.4 Å². The molecular weight excluding hydrogens is 1330 g/mol. The Balaban J connectivity index is 0.939. The summed E-state index contributed by atoms with van der Waals surface area (Å²) in [5.41, 5.74) is 29.9. The fourth-order valence-corrected chi connectivity index (χ4v) is 18.9. The monoisotopic (exact) mass is 1410 g/mol. The Morgan fingerprint density at radius 1 is 0.227 bits per heavy atom. The van der Waals surface area contributed by atoms with Crippen molar-refractivity contribution in [3.05, 3.63) is 363 Å². The molecule has 0 radical (unpaired) electrons. The predicted molar refractivity (Wildman–Crippen MR) is 470 cm³/mol. The van der Waals surface area contributed by atoms with Crippen LogP contribution in [0.1, 0.15) is 52.7 Å².